The molecular weight excluding hydrogens is 210 g/mol. The second kappa shape index (κ2) is 3.84. The van der Waals surface area contributed by atoms with Crippen molar-refractivity contribution in [1.29, 1.82) is 0 Å². The van der Waals surface area contributed by atoms with Crippen molar-refractivity contribution in [2.24, 2.45) is 5.73 Å². The summed E-state index contributed by atoms with van der Waals surface area (Å²) in [5.41, 5.74) is 9.76. The van der Waals surface area contributed by atoms with Crippen LogP contribution in [0.3, 0.4) is 0 Å². The molecule has 0 bridgehead atoms. The van der Waals surface area contributed by atoms with Gasteiger partial charge in [-0.1, -0.05) is 25.3 Å². The van der Waals surface area contributed by atoms with Gasteiger partial charge in [-0.25, -0.2) is 4.98 Å². The molecule has 0 unspecified atom stereocenters. The van der Waals surface area contributed by atoms with E-state index in [4.69, 9.17) is 5.73 Å². The van der Waals surface area contributed by atoms with Gasteiger partial charge in [0.25, 0.3) is 0 Å². The lowest BCUT2D eigenvalue weighted by molar-refractivity contribution is 0.292. The maximum atomic E-state index is 6.63. The van der Waals surface area contributed by atoms with Crippen molar-refractivity contribution in [1.82, 2.24) is 9.38 Å². The van der Waals surface area contributed by atoms with E-state index >= 15 is 0 Å². The Hall–Kier alpha value is -1.35. The van der Waals surface area contributed by atoms with Gasteiger partial charge in [0.05, 0.1) is 16.9 Å². The largest absolute Gasteiger partial charge is 0.320 e. The first-order valence-corrected chi connectivity index (χ1v) is 6.44. The van der Waals surface area contributed by atoms with Crippen LogP contribution in [-0.2, 0) is 5.54 Å². The van der Waals surface area contributed by atoms with Crippen LogP contribution in [-0.4, -0.2) is 9.38 Å². The van der Waals surface area contributed by atoms with Crippen LogP contribution in [0.5, 0.6) is 0 Å². The molecule has 0 aromatic carbocycles. The molecule has 3 nitrogen and oxygen atoms in total. The molecule has 1 aliphatic carbocycles. The molecule has 90 valence electrons. The van der Waals surface area contributed by atoms with E-state index in [1.165, 1.54) is 25.0 Å². The number of imidazole rings is 1. The van der Waals surface area contributed by atoms with E-state index in [9.17, 15) is 0 Å². The Bertz CT molecular complexity index is 535. The lowest BCUT2D eigenvalue weighted by Gasteiger charge is -2.33. The monoisotopic (exact) mass is 229 g/mol. The molecule has 1 aliphatic rings. The summed E-state index contributed by atoms with van der Waals surface area (Å²) in [6.45, 7) is 2.07. The standard InChI is InChI=1S/C14H19N3/c1-11-13(14(15)8-4-2-5-9-14)17-10-6-3-7-12(17)16-11/h3,6-7,10H,2,4-5,8-9,15H2,1H3. The Morgan fingerprint density at radius 3 is 2.76 bits per heavy atom. The van der Waals surface area contributed by atoms with Gasteiger partial charge in [-0.2, -0.15) is 0 Å². The molecule has 2 heterocycles. The Morgan fingerprint density at radius 2 is 2.00 bits per heavy atom. The average molecular weight is 229 g/mol. The van der Waals surface area contributed by atoms with Crippen molar-refractivity contribution < 1.29 is 0 Å². The summed E-state index contributed by atoms with van der Waals surface area (Å²) in [5.74, 6) is 0. The highest BCUT2D eigenvalue weighted by atomic mass is 15.0. The smallest absolute Gasteiger partial charge is 0.137 e. The number of hydrogen-bond acceptors (Lipinski definition) is 2. The minimum atomic E-state index is -0.177. The fourth-order valence-corrected chi connectivity index (χ4v) is 3.13. The van der Waals surface area contributed by atoms with Crippen LogP contribution < -0.4 is 5.73 Å². The minimum absolute atomic E-state index is 0.177. The van der Waals surface area contributed by atoms with Gasteiger partial charge in [-0.05, 0) is 31.9 Å². The van der Waals surface area contributed by atoms with Crippen LogP contribution in [0.1, 0.15) is 43.5 Å². The summed E-state index contributed by atoms with van der Waals surface area (Å²) >= 11 is 0. The quantitative estimate of drug-likeness (QED) is 0.817. The highest BCUT2D eigenvalue weighted by Crippen LogP contribution is 2.36. The number of pyridine rings is 1. The number of nitrogens with two attached hydrogens (primary N) is 1. The van der Waals surface area contributed by atoms with Gasteiger partial charge in [0.15, 0.2) is 0 Å². The normalized spacial score (nSPS) is 19.6. The molecule has 0 saturated heterocycles. The van der Waals surface area contributed by atoms with Crippen molar-refractivity contribution in [3.05, 3.63) is 35.8 Å². The third-order valence-corrected chi connectivity index (χ3v) is 3.92. The predicted octanol–water partition coefficient (Wildman–Crippen LogP) is 2.76. The topological polar surface area (TPSA) is 43.3 Å². The number of nitrogens with zero attached hydrogens (tertiary/aromatic N) is 2. The highest BCUT2D eigenvalue weighted by Gasteiger charge is 2.33. The van der Waals surface area contributed by atoms with Crippen LogP contribution in [0, 0.1) is 6.92 Å². The van der Waals surface area contributed by atoms with Crippen molar-refractivity contribution in [3.63, 3.8) is 0 Å². The van der Waals surface area contributed by atoms with E-state index in [0.717, 1.165) is 24.2 Å². The van der Waals surface area contributed by atoms with Crippen LogP contribution in [0.15, 0.2) is 24.4 Å². The van der Waals surface area contributed by atoms with E-state index in [-0.39, 0.29) is 5.54 Å². The zero-order valence-corrected chi connectivity index (χ0v) is 10.3. The lowest BCUT2D eigenvalue weighted by Crippen LogP contribution is -2.40. The number of aromatic nitrogens is 2. The van der Waals surface area contributed by atoms with E-state index < -0.39 is 0 Å². The van der Waals surface area contributed by atoms with Crippen LogP contribution >= 0.6 is 0 Å². The van der Waals surface area contributed by atoms with E-state index in [0.29, 0.717) is 0 Å². The van der Waals surface area contributed by atoms with Crippen LogP contribution in [0.4, 0.5) is 0 Å². The SMILES string of the molecule is Cc1nc2ccccn2c1C1(N)CCCCC1. The van der Waals surface area contributed by atoms with Crippen LogP contribution in [0.2, 0.25) is 0 Å². The summed E-state index contributed by atoms with van der Waals surface area (Å²) in [6, 6.07) is 6.11. The molecule has 1 saturated carbocycles. The first-order chi connectivity index (χ1) is 8.21. The van der Waals surface area contributed by atoms with E-state index in [2.05, 4.69) is 22.5 Å². The number of fused-ring (bicyclic) bond motifs is 1. The van der Waals surface area contributed by atoms with Crippen molar-refractivity contribution in [2.75, 3.05) is 0 Å². The van der Waals surface area contributed by atoms with Gasteiger partial charge < -0.3 is 10.1 Å². The summed E-state index contributed by atoms with van der Waals surface area (Å²) in [4.78, 5) is 4.62. The first kappa shape index (κ1) is 10.8. The lowest BCUT2D eigenvalue weighted by atomic mass is 9.79. The highest BCUT2D eigenvalue weighted by molar-refractivity contribution is 5.45. The van der Waals surface area contributed by atoms with Gasteiger partial charge >= 0.3 is 0 Å². The van der Waals surface area contributed by atoms with E-state index in [1.807, 2.05) is 18.2 Å². The number of aryl methyl sites for hydroxylation is 1. The van der Waals surface area contributed by atoms with E-state index in [1.54, 1.807) is 0 Å². The van der Waals surface area contributed by atoms with Gasteiger partial charge in [0.2, 0.25) is 0 Å². The van der Waals surface area contributed by atoms with Crippen molar-refractivity contribution >= 4 is 5.65 Å². The predicted molar refractivity (Wildman–Crippen MR) is 68.9 cm³/mol. The second-order valence-electron chi connectivity index (χ2n) is 5.19. The van der Waals surface area contributed by atoms with Gasteiger partial charge in [-0.15, -0.1) is 0 Å². The zero-order chi connectivity index (χ0) is 11.9. The van der Waals surface area contributed by atoms with Gasteiger partial charge in [0, 0.05) is 6.20 Å². The summed E-state index contributed by atoms with van der Waals surface area (Å²) in [7, 11) is 0. The zero-order valence-electron chi connectivity index (χ0n) is 10.3. The van der Waals surface area contributed by atoms with Gasteiger partial charge in [0.1, 0.15) is 5.65 Å². The molecule has 0 atom stereocenters. The number of hydrogen-bond donors (Lipinski definition) is 1. The van der Waals surface area contributed by atoms with Crippen LogP contribution in [0.25, 0.3) is 5.65 Å². The maximum Gasteiger partial charge on any atom is 0.137 e. The first-order valence-electron chi connectivity index (χ1n) is 6.44. The molecular formula is C14H19N3. The molecule has 0 aliphatic heterocycles. The number of rotatable bonds is 1. The molecule has 17 heavy (non-hydrogen) atoms. The maximum absolute atomic E-state index is 6.63. The summed E-state index contributed by atoms with van der Waals surface area (Å²) < 4.78 is 2.17. The molecule has 0 amide bonds. The fourth-order valence-electron chi connectivity index (χ4n) is 3.13. The molecule has 2 aromatic heterocycles. The second-order valence-corrected chi connectivity index (χ2v) is 5.19. The molecule has 1 fully saturated rings. The minimum Gasteiger partial charge on any atom is -0.320 e. The van der Waals surface area contributed by atoms with Crippen molar-refractivity contribution in [3.8, 4) is 0 Å². The molecule has 3 heteroatoms. The fraction of sp³-hybridized carbons (Fsp3) is 0.500. The summed E-state index contributed by atoms with van der Waals surface area (Å²) in [6.07, 6.45) is 8.02. The van der Waals surface area contributed by atoms with Gasteiger partial charge in [-0.3, -0.25) is 0 Å². The third-order valence-electron chi connectivity index (χ3n) is 3.92. The Kier molecular flexibility index (Phi) is 2.44. The molecule has 2 N–H and O–H groups in total. The van der Waals surface area contributed by atoms with Crippen molar-refractivity contribution in [2.45, 2.75) is 44.6 Å². The third kappa shape index (κ3) is 1.65. The molecule has 3 rings (SSSR count). The Balaban J connectivity index is 2.18. The Morgan fingerprint density at radius 1 is 1.24 bits per heavy atom. The molecule has 0 radical (unpaired) electrons. The average Bonchev–Trinajstić information content (AvgIpc) is 2.66. The Labute approximate surface area is 102 Å². The molecule has 0 spiro atoms. The molecule has 2 aromatic rings. The summed E-state index contributed by atoms with van der Waals surface area (Å²) in [5, 5.41) is 0.